The minimum Gasteiger partial charge on any atom is -0.352 e. The molecule has 0 unspecified atom stereocenters. The highest BCUT2D eigenvalue weighted by atomic mass is 35.5. The van der Waals surface area contributed by atoms with Gasteiger partial charge in [-0.15, -0.1) is 0 Å². The molecule has 1 aliphatic rings. The number of hydrogen-bond acceptors (Lipinski definition) is 4. The van der Waals surface area contributed by atoms with Crippen LogP contribution in [0.15, 0.2) is 83.8 Å². The van der Waals surface area contributed by atoms with Crippen molar-refractivity contribution < 1.29 is 31.2 Å². The minimum absolute atomic E-state index is 0.0213. The number of amides is 2. The van der Waals surface area contributed by atoms with Crippen molar-refractivity contribution >= 4 is 39.1 Å². The fraction of sp³-hybridized carbons (Fsp3) is 0.355. The Bertz CT molecular complexity index is 1520. The highest BCUT2D eigenvalue weighted by Crippen LogP contribution is 2.38. The number of carbonyl (C=O) groups is 2. The molecule has 1 saturated carbocycles. The van der Waals surface area contributed by atoms with Crippen molar-refractivity contribution in [2.75, 3.05) is 10.8 Å². The van der Waals surface area contributed by atoms with Gasteiger partial charge < -0.3 is 10.2 Å². The summed E-state index contributed by atoms with van der Waals surface area (Å²) in [6.45, 7) is 0.676. The van der Waals surface area contributed by atoms with E-state index in [1.807, 2.05) is 0 Å². The van der Waals surface area contributed by atoms with E-state index in [2.05, 4.69) is 5.32 Å². The molecule has 0 heterocycles. The molecule has 1 N–H and O–H groups in total. The molecule has 7 nitrogen and oxygen atoms in total. The van der Waals surface area contributed by atoms with Crippen LogP contribution < -0.4 is 9.62 Å². The minimum atomic E-state index is -4.87. The maximum atomic E-state index is 14.0. The number of nitrogens with zero attached hydrogens (tertiary/aromatic N) is 2. The zero-order valence-electron chi connectivity index (χ0n) is 23.6. The van der Waals surface area contributed by atoms with Crippen molar-refractivity contribution in [1.82, 2.24) is 10.2 Å². The fourth-order valence-electron chi connectivity index (χ4n) is 5.07. The van der Waals surface area contributed by atoms with Gasteiger partial charge >= 0.3 is 6.18 Å². The summed E-state index contributed by atoms with van der Waals surface area (Å²) in [5, 5.41) is 2.39. The van der Waals surface area contributed by atoms with Gasteiger partial charge in [-0.25, -0.2) is 8.42 Å². The summed E-state index contributed by atoms with van der Waals surface area (Å²) >= 11 is 5.81. The van der Waals surface area contributed by atoms with Gasteiger partial charge in [0.15, 0.2) is 0 Å². The van der Waals surface area contributed by atoms with Crippen molar-refractivity contribution in [3.63, 3.8) is 0 Å². The van der Waals surface area contributed by atoms with Crippen LogP contribution in [-0.4, -0.2) is 43.8 Å². The molecule has 0 radical (unpaired) electrons. The first-order valence-electron chi connectivity index (χ1n) is 14.0. The van der Waals surface area contributed by atoms with E-state index in [1.165, 1.54) is 29.2 Å². The Labute approximate surface area is 254 Å². The molecule has 3 aromatic rings. The molecule has 0 bridgehead atoms. The molecular weight excluding hydrogens is 603 g/mol. The molecule has 12 heteroatoms. The highest BCUT2D eigenvalue weighted by molar-refractivity contribution is 7.92. The standard InChI is InChI=1S/C31H33ClF3N3O4S/c1-22(30(40)36-24-13-7-3-8-14-24)37(20-23-11-5-2-6-12-23)29(39)21-38(43(41,42)26-15-9-4-10-16-26)25-17-18-28(32)27(19-25)31(33,34)35/h2,4-6,9-12,15-19,22,24H,3,7-8,13-14,20-21H2,1H3,(H,36,40)/t22-/m1/s1. The smallest absolute Gasteiger partial charge is 0.352 e. The van der Waals surface area contributed by atoms with Gasteiger partial charge in [0.1, 0.15) is 12.6 Å². The molecule has 4 rings (SSSR count). The van der Waals surface area contributed by atoms with E-state index >= 15 is 0 Å². The number of benzene rings is 3. The lowest BCUT2D eigenvalue weighted by atomic mass is 9.95. The van der Waals surface area contributed by atoms with E-state index < -0.39 is 51.0 Å². The summed E-state index contributed by atoms with van der Waals surface area (Å²) in [6, 6.07) is 17.6. The van der Waals surface area contributed by atoms with E-state index in [0.29, 0.717) is 15.9 Å². The molecule has 1 fully saturated rings. The van der Waals surface area contributed by atoms with E-state index in [0.717, 1.165) is 44.2 Å². The second kappa shape index (κ2) is 13.8. The maximum absolute atomic E-state index is 14.0. The lowest BCUT2D eigenvalue weighted by Crippen LogP contribution is -2.53. The summed E-state index contributed by atoms with van der Waals surface area (Å²) < 4.78 is 69.6. The van der Waals surface area contributed by atoms with Crippen LogP contribution in [0.1, 0.15) is 50.2 Å². The van der Waals surface area contributed by atoms with Gasteiger partial charge in [0.25, 0.3) is 10.0 Å². The van der Waals surface area contributed by atoms with Crippen molar-refractivity contribution in [2.24, 2.45) is 0 Å². The van der Waals surface area contributed by atoms with E-state index in [1.54, 1.807) is 43.3 Å². The quantitative estimate of drug-likeness (QED) is 0.279. The number of rotatable bonds is 10. The first kappa shape index (κ1) is 32.3. The second-order valence-corrected chi connectivity index (χ2v) is 12.8. The average molecular weight is 636 g/mol. The third-order valence-electron chi connectivity index (χ3n) is 7.47. The number of alkyl halides is 3. The van der Waals surface area contributed by atoms with Crippen LogP contribution in [0.4, 0.5) is 18.9 Å². The zero-order valence-corrected chi connectivity index (χ0v) is 25.1. The Morgan fingerprint density at radius 1 is 0.953 bits per heavy atom. The summed E-state index contributed by atoms with van der Waals surface area (Å²) in [5.41, 5.74) is -0.946. The lowest BCUT2D eigenvalue weighted by molar-refractivity contribution is -0.139. The molecule has 0 saturated heterocycles. The largest absolute Gasteiger partial charge is 0.417 e. The van der Waals surface area contributed by atoms with E-state index in [-0.39, 0.29) is 23.4 Å². The van der Waals surface area contributed by atoms with Gasteiger partial charge in [0.05, 0.1) is 21.2 Å². The number of halogens is 4. The van der Waals surface area contributed by atoms with Gasteiger partial charge in [-0.1, -0.05) is 79.4 Å². The van der Waals surface area contributed by atoms with Crippen molar-refractivity contribution in [3.05, 3.63) is 95.0 Å². The molecule has 230 valence electrons. The molecule has 2 amide bonds. The number of hydrogen-bond donors (Lipinski definition) is 1. The van der Waals surface area contributed by atoms with Crippen molar-refractivity contribution in [2.45, 2.75) is 68.7 Å². The van der Waals surface area contributed by atoms with Gasteiger partial charge in [-0.2, -0.15) is 13.2 Å². The Kier molecular flexibility index (Phi) is 10.4. The number of sulfonamides is 1. The van der Waals surface area contributed by atoms with E-state index in [4.69, 9.17) is 11.6 Å². The lowest BCUT2D eigenvalue weighted by Gasteiger charge is -2.33. The number of anilines is 1. The molecule has 0 aliphatic heterocycles. The van der Waals surface area contributed by atoms with Crippen molar-refractivity contribution in [1.29, 1.82) is 0 Å². The summed E-state index contributed by atoms with van der Waals surface area (Å²) in [4.78, 5) is 28.4. The number of nitrogens with one attached hydrogen (secondary N) is 1. The summed E-state index contributed by atoms with van der Waals surface area (Å²) in [5.74, 6) is -1.15. The summed E-state index contributed by atoms with van der Waals surface area (Å²) in [7, 11) is -4.52. The number of carbonyl (C=O) groups excluding carboxylic acids is 2. The van der Waals surface area contributed by atoms with Crippen LogP contribution in [0.5, 0.6) is 0 Å². The molecule has 1 atom stereocenters. The Hall–Kier alpha value is -3.57. The van der Waals surface area contributed by atoms with Crippen LogP contribution >= 0.6 is 11.6 Å². The first-order valence-corrected chi connectivity index (χ1v) is 15.8. The monoisotopic (exact) mass is 635 g/mol. The second-order valence-electron chi connectivity index (χ2n) is 10.5. The maximum Gasteiger partial charge on any atom is 0.417 e. The molecule has 0 spiro atoms. The molecule has 3 aromatic carbocycles. The van der Waals surface area contributed by atoms with Gasteiger partial charge in [0, 0.05) is 12.6 Å². The third-order valence-corrected chi connectivity index (χ3v) is 9.59. The molecule has 43 heavy (non-hydrogen) atoms. The predicted octanol–water partition coefficient (Wildman–Crippen LogP) is 6.42. The SMILES string of the molecule is C[C@H](C(=O)NC1CCCCC1)N(Cc1ccccc1)C(=O)CN(c1ccc(Cl)c(C(F)(F)F)c1)S(=O)(=O)c1ccccc1. The van der Waals surface area contributed by atoms with Crippen LogP contribution in [0.25, 0.3) is 0 Å². The molecule has 0 aromatic heterocycles. The van der Waals surface area contributed by atoms with Gasteiger partial charge in [-0.05, 0) is 55.7 Å². The highest BCUT2D eigenvalue weighted by Gasteiger charge is 2.37. The van der Waals surface area contributed by atoms with Crippen LogP contribution in [-0.2, 0) is 32.3 Å². The molecule has 1 aliphatic carbocycles. The van der Waals surface area contributed by atoms with Gasteiger partial charge in [-0.3, -0.25) is 13.9 Å². The first-order chi connectivity index (χ1) is 20.4. The van der Waals surface area contributed by atoms with E-state index in [9.17, 15) is 31.2 Å². The topological polar surface area (TPSA) is 86.8 Å². The predicted molar refractivity (Wildman–Crippen MR) is 159 cm³/mol. The van der Waals surface area contributed by atoms with Crippen LogP contribution in [0, 0.1) is 0 Å². The van der Waals surface area contributed by atoms with Crippen molar-refractivity contribution in [3.8, 4) is 0 Å². The normalized spacial score (nSPS) is 15.0. The van der Waals surface area contributed by atoms with Gasteiger partial charge in [0.2, 0.25) is 11.8 Å². The zero-order chi connectivity index (χ0) is 31.2. The Morgan fingerprint density at radius 2 is 1.56 bits per heavy atom. The Morgan fingerprint density at radius 3 is 2.16 bits per heavy atom. The average Bonchev–Trinajstić information content (AvgIpc) is 2.99. The third kappa shape index (κ3) is 8.08. The summed E-state index contributed by atoms with van der Waals surface area (Å²) in [6.07, 6.45) is -0.158. The molecular formula is C31H33ClF3N3O4S. The van der Waals surface area contributed by atoms with Crippen LogP contribution in [0.2, 0.25) is 5.02 Å². The Balaban J connectivity index is 1.72. The fourth-order valence-corrected chi connectivity index (χ4v) is 6.72. The van der Waals surface area contributed by atoms with Crippen LogP contribution in [0.3, 0.4) is 0 Å².